The van der Waals surface area contributed by atoms with E-state index < -0.39 is 0 Å². The Hall–Kier alpha value is -2.82. The SMILES string of the molecule is CCCCOc1ccc(C(=O)Nc2ccc(C(=O)NC(C)(C)C)cc2)cc1. The minimum absolute atomic E-state index is 0.140. The van der Waals surface area contributed by atoms with Crippen LogP contribution >= 0.6 is 0 Å². The number of ether oxygens (including phenoxy) is 1. The topological polar surface area (TPSA) is 67.4 Å². The number of unbranched alkanes of at least 4 members (excludes halogenated alkanes) is 1. The fraction of sp³-hybridized carbons (Fsp3) is 0.364. The number of nitrogens with one attached hydrogen (secondary N) is 2. The molecule has 0 aliphatic carbocycles. The predicted octanol–water partition coefficient (Wildman–Crippen LogP) is 4.65. The van der Waals surface area contributed by atoms with Crippen molar-refractivity contribution in [2.45, 2.75) is 46.1 Å². The van der Waals surface area contributed by atoms with E-state index in [1.54, 1.807) is 48.5 Å². The van der Waals surface area contributed by atoms with Crippen molar-refractivity contribution < 1.29 is 14.3 Å². The van der Waals surface area contributed by atoms with Crippen molar-refractivity contribution in [1.29, 1.82) is 0 Å². The molecule has 2 N–H and O–H groups in total. The summed E-state index contributed by atoms with van der Waals surface area (Å²) < 4.78 is 5.60. The van der Waals surface area contributed by atoms with E-state index in [4.69, 9.17) is 4.74 Å². The van der Waals surface area contributed by atoms with E-state index in [-0.39, 0.29) is 17.4 Å². The van der Waals surface area contributed by atoms with Gasteiger partial charge in [0.1, 0.15) is 5.75 Å². The molecule has 2 aromatic rings. The smallest absolute Gasteiger partial charge is 0.255 e. The number of hydrogen-bond donors (Lipinski definition) is 2. The molecule has 2 aromatic carbocycles. The van der Waals surface area contributed by atoms with Gasteiger partial charge in [0.2, 0.25) is 0 Å². The molecule has 5 nitrogen and oxygen atoms in total. The van der Waals surface area contributed by atoms with Gasteiger partial charge in [-0.05, 0) is 75.7 Å². The minimum Gasteiger partial charge on any atom is -0.494 e. The first-order valence-electron chi connectivity index (χ1n) is 9.25. The Bertz CT molecular complexity index is 760. The van der Waals surface area contributed by atoms with Crippen LogP contribution in [0.2, 0.25) is 0 Å². The maximum Gasteiger partial charge on any atom is 0.255 e. The first-order chi connectivity index (χ1) is 12.8. The van der Waals surface area contributed by atoms with Crippen LogP contribution < -0.4 is 15.4 Å². The molecule has 0 saturated heterocycles. The lowest BCUT2D eigenvalue weighted by Crippen LogP contribution is -2.40. The molecular weight excluding hydrogens is 340 g/mol. The maximum atomic E-state index is 12.4. The van der Waals surface area contributed by atoms with Crippen LogP contribution in [0.25, 0.3) is 0 Å². The van der Waals surface area contributed by atoms with E-state index in [0.29, 0.717) is 23.4 Å². The third kappa shape index (κ3) is 6.77. The molecule has 0 aliphatic rings. The lowest BCUT2D eigenvalue weighted by molar-refractivity contribution is 0.0919. The summed E-state index contributed by atoms with van der Waals surface area (Å²) >= 11 is 0. The van der Waals surface area contributed by atoms with Gasteiger partial charge in [-0.3, -0.25) is 9.59 Å². The Kier molecular flexibility index (Phi) is 6.99. The van der Waals surface area contributed by atoms with E-state index in [1.165, 1.54) is 0 Å². The van der Waals surface area contributed by atoms with Crippen LogP contribution in [0.1, 0.15) is 61.3 Å². The zero-order chi connectivity index (χ0) is 19.9. The lowest BCUT2D eigenvalue weighted by atomic mass is 10.1. The number of amides is 2. The standard InChI is InChI=1S/C22H28N2O3/c1-5-6-15-27-19-13-9-16(10-14-19)20(25)23-18-11-7-17(8-12-18)21(26)24-22(2,3)4/h7-14H,5-6,15H2,1-4H3,(H,23,25)(H,24,26). The van der Waals surface area contributed by atoms with Gasteiger partial charge in [0, 0.05) is 22.4 Å². The van der Waals surface area contributed by atoms with Crippen LogP contribution in [0.15, 0.2) is 48.5 Å². The van der Waals surface area contributed by atoms with Crippen molar-refractivity contribution in [3.05, 3.63) is 59.7 Å². The highest BCUT2D eigenvalue weighted by Crippen LogP contribution is 2.16. The summed E-state index contributed by atoms with van der Waals surface area (Å²) in [7, 11) is 0. The zero-order valence-corrected chi connectivity index (χ0v) is 16.5. The fourth-order valence-electron chi connectivity index (χ4n) is 2.36. The molecular formula is C22H28N2O3. The number of carbonyl (C=O) groups excluding carboxylic acids is 2. The van der Waals surface area contributed by atoms with Gasteiger partial charge in [-0.2, -0.15) is 0 Å². The van der Waals surface area contributed by atoms with Gasteiger partial charge >= 0.3 is 0 Å². The molecule has 0 heterocycles. The molecule has 5 heteroatoms. The molecule has 0 unspecified atom stereocenters. The van der Waals surface area contributed by atoms with E-state index >= 15 is 0 Å². The average Bonchev–Trinajstić information content (AvgIpc) is 2.61. The van der Waals surface area contributed by atoms with Crippen LogP contribution in [0, 0.1) is 0 Å². The summed E-state index contributed by atoms with van der Waals surface area (Å²) in [5.74, 6) is 0.412. The molecule has 0 spiro atoms. The molecule has 0 bridgehead atoms. The normalized spacial score (nSPS) is 11.0. The van der Waals surface area contributed by atoms with Crippen molar-refractivity contribution in [2.75, 3.05) is 11.9 Å². The number of carbonyl (C=O) groups is 2. The lowest BCUT2D eigenvalue weighted by Gasteiger charge is -2.20. The molecule has 0 aromatic heterocycles. The quantitative estimate of drug-likeness (QED) is 0.699. The van der Waals surface area contributed by atoms with Crippen LogP contribution in [-0.4, -0.2) is 24.0 Å². The highest BCUT2D eigenvalue weighted by molar-refractivity contribution is 6.04. The Balaban J connectivity index is 1.94. The average molecular weight is 368 g/mol. The largest absolute Gasteiger partial charge is 0.494 e. The number of hydrogen-bond acceptors (Lipinski definition) is 3. The number of benzene rings is 2. The molecule has 0 saturated carbocycles. The third-order valence-electron chi connectivity index (χ3n) is 3.78. The Morgan fingerprint density at radius 2 is 1.44 bits per heavy atom. The molecule has 0 atom stereocenters. The number of anilines is 1. The van der Waals surface area contributed by atoms with Gasteiger partial charge < -0.3 is 15.4 Å². The van der Waals surface area contributed by atoms with E-state index in [1.807, 2.05) is 20.8 Å². The summed E-state index contributed by atoms with van der Waals surface area (Å²) in [5.41, 5.74) is 1.44. The van der Waals surface area contributed by atoms with Crippen molar-refractivity contribution in [1.82, 2.24) is 5.32 Å². The summed E-state index contributed by atoms with van der Waals surface area (Å²) in [4.78, 5) is 24.5. The molecule has 0 radical (unpaired) electrons. The van der Waals surface area contributed by atoms with E-state index in [0.717, 1.165) is 18.6 Å². The van der Waals surface area contributed by atoms with Crippen molar-refractivity contribution >= 4 is 17.5 Å². The van der Waals surface area contributed by atoms with Gasteiger partial charge in [-0.15, -0.1) is 0 Å². The second-order valence-electron chi connectivity index (χ2n) is 7.46. The number of rotatable bonds is 7. The van der Waals surface area contributed by atoms with Gasteiger partial charge in [0.15, 0.2) is 0 Å². The van der Waals surface area contributed by atoms with Crippen LogP contribution in [0.5, 0.6) is 5.75 Å². The first-order valence-corrected chi connectivity index (χ1v) is 9.25. The van der Waals surface area contributed by atoms with Gasteiger partial charge in [-0.25, -0.2) is 0 Å². The van der Waals surface area contributed by atoms with Gasteiger partial charge in [0.05, 0.1) is 6.61 Å². The van der Waals surface area contributed by atoms with Crippen LogP contribution in [-0.2, 0) is 0 Å². The third-order valence-corrected chi connectivity index (χ3v) is 3.78. The van der Waals surface area contributed by atoms with Crippen molar-refractivity contribution in [3.8, 4) is 5.75 Å². The summed E-state index contributed by atoms with van der Waals surface area (Å²) in [5, 5.41) is 5.74. The molecule has 27 heavy (non-hydrogen) atoms. The van der Waals surface area contributed by atoms with Gasteiger partial charge in [-0.1, -0.05) is 13.3 Å². The second kappa shape index (κ2) is 9.21. The van der Waals surface area contributed by atoms with E-state index in [9.17, 15) is 9.59 Å². The predicted molar refractivity (Wildman–Crippen MR) is 108 cm³/mol. The van der Waals surface area contributed by atoms with Gasteiger partial charge in [0.25, 0.3) is 11.8 Å². The van der Waals surface area contributed by atoms with Crippen molar-refractivity contribution in [2.24, 2.45) is 0 Å². The zero-order valence-electron chi connectivity index (χ0n) is 16.5. The molecule has 0 aliphatic heterocycles. The minimum atomic E-state index is -0.295. The van der Waals surface area contributed by atoms with Crippen LogP contribution in [0.4, 0.5) is 5.69 Å². The summed E-state index contributed by atoms with van der Waals surface area (Å²) in [6.07, 6.45) is 2.09. The monoisotopic (exact) mass is 368 g/mol. The molecule has 144 valence electrons. The van der Waals surface area contributed by atoms with Crippen LogP contribution in [0.3, 0.4) is 0 Å². The Labute approximate surface area is 161 Å². The maximum absolute atomic E-state index is 12.4. The fourth-order valence-corrected chi connectivity index (χ4v) is 2.36. The Morgan fingerprint density at radius 1 is 0.889 bits per heavy atom. The highest BCUT2D eigenvalue weighted by atomic mass is 16.5. The summed E-state index contributed by atoms with van der Waals surface area (Å²) in [6.45, 7) is 8.58. The summed E-state index contributed by atoms with van der Waals surface area (Å²) in [6, 6.07) is 13.9. The molecule has 2 rings (SSSR count). The molecule has 0 fully saturated rings. The Morgan fingerprint density at radius 3 is 2.00 bits per heavy atom. The molecule has 2 amide bonds. The second-order valence-corrected chi connectivity index (χ2v) is 7.46. The highest BCUT2D eigenvalue weighted by Gasteiger charge is 2.15. The van der Waals surface area contributed by atoms with Crippen molar-refractivity contribution in [3.63, 3.8) is 0 Å². The van der Waals surface area contributed by atoms with E-state index in [2.05, 4.69) is 17.6 Å². The first kappa shape index (κ1) is 20.5.